The smallest absolute Gasteiger partial charge is 0.288 e. The third-order valence-corrected chi connectivity index (χ3v) is 6.79. The van der Waals surface area contributed by atoms with E-state index in [1.54, 1.807) is 23.7 Å². The van der Waals surface area contributed by atoms with Crippen LogP contribution in [0.2, 0.25) is 0 Å². The van der Waals surface area contributed by atoms with Crippen molar-refractivity contribution in [1.29, 1.82) is 0 Å². The molecule has 0 saturated carbocycles. The van der Waals surface area contributed by atoms with Gasteiger partial charge in [0.05, 0.1) is 10.5 Å². The molecule has 2 aromatic carbocycles. The highest BCUT2D eigenvalue weighted by Crippen LogP contribution is 2.30. The SMILES string of the molecule is O=C(NO)c1ccc2c(c1)CCN(S(=O)(=O)c1ccc(C(F)(F)F)cc1)CCC2. The summed E-state index contributed by atoms with van der Waals surface area (Å²) in [7, 11) is -3.95. The molecule has 0 radical (unpaired) electrons. The van der Waals surface area contributed by atoms with E-state index in [-0.39, 0.29) is 23.5 Å². The van der Waals surface area contributed by atoms with Crippen molar-refractivity contribution in [3.05, 3.63) is 64.7 Å². The van der Waals surface area contributed by atoms with Crippen LogP contribution in [0, 0.1) is 0 Å². The van der Waals surface area contributed by atoms with Crippen molar-refractivity contribution in [2.24, 2.45) is 0 Å². The molecule has 1 aliphatic rings. The van der Waals surface area contributed by atoms with Crippen LogP contribution in [-0.4, -0.2) is 36.9 Å². The Morgan fingerprint density at radius 2 is 1.69 bits per heavy atom. The molecule has 0 spiro atoms. The van der Waals surface area contributed by atoms with Crippen LogP contribution in [0.15, 0.2) is 47.4 Å². The van der Waals surface area contributed by atoms with Crippen molar-refractivity contribution < 1.29 is 31.6 Å². The zero-order valence-electron chi connectivity index (χ0n) is 15.2. The van der Waals surface area contributed by atoms with Gasteiger partial charge in [0.2, 0.25) is 10.0 Å². The molecule has 0 aliphatic carbocycles. The number of nitrogens with one attached hydrogen (secondary N) is 1. The first-order valence-corrected chi connectivity index (χ1v) is 10.3. The summed E-state index contributed by atoms with van der Waals surface area (Å²) in [5, 5.41) is 8.78. The van der Waals surface area contributed by atoms with Gasteiger partial charge in [0.15, 0.2) is 0 Å². The van der Waals surface area contributed by atoms with Gasteiger partial charge in [-0.15, -0.1) is 0 Å². The molecule has 1 heterocycles. The van der Waals surface area contributed by atoms with E-state index in [2.05, 4.69) is 0 Å². The largest absolute Gasteiger partial charge is 0.416 e. The Hall–Kier alpha value is -2.43. The highest BCUT2D eigenvalue weighted by molar-refractivity contribution is 7.89. The van der Waals surface area contributed by atoms with E-state index in [1.807, 2.05) is 0 Å². The van der Waals surface area contributed by atoms with Crippen LogP contribution in [0.3, 0.4) is 0 Å². The van der Waals surface area contributed by atoms with E-state index in [0.29, 0.717) is 19.3 Å². The van der Waals surface area contributed by atoms with Crippen LogP contribution in [0.1, 0.15) is 33.5 Å². The fourth-order valence-corrected chi connectivity index (χ4v) is 4.80. The standard InChI is InChI=1S/C19H19F3N2O4S/c20-19(21,22)16-5-7-17(8-6-16)29(27,28)24-10-1-2-13-3-4-15(18(25)23-26)12-14(13)9-11-24/h3-8,12,26H,1-2,9-11H2,(H,23,25). The molecule has 6 nitrogen and oxygen atoms in total. The summed E-state index contributed by atoms with van der Waals surface area (Å²) >= 11 is 0. The van der Waals surface area contributed by atoms with Crippen molar-refractivity contribution in [3.63, 3.8) is 0 Å². The first-order chi connectivity index (χ1) is 13.6. The predicted molar refractivity (Wildman–Crippen MR) is 97.9 cm³/mol. The van der Waals surface area contributed by atoms with Crippen molar-refractivity contribution in [2.75, 3.05) is 13.1 Å². The van der Waals surface area contributed by atoms with Crippen LogP contribution in [0.5, 0.6) is 0 Å². The van der Waals surface area contributed by atoms with Crippen molar-refractivity contribution in [3.8, 4) is 0 Å². The number of hydroxylamine groups is 1. The maximum Gasteiger partial charge on any atom is 0.416 e. The highest BCUT2D eigenvalue weighted by atomic mass is 32.2. The molecule has 0 unspecified atom stereocenters. The van der Waals surface area contributed by atoms with Crippen LogP contribution in [0.4, 0.5) is 13.2 Å². The highest BCUT2D eigenvalue weighted by Gasteiger charge is 2.32. The van der Waals surface area contributed by atoms with Crippen molar-refractivity contribution in [2.45, 2.75) is 30.3 Å². The second-order valence-corrected chi connectivity index (χ2v) is 8.64. The van der Waals surface area contributed by atoms with Crippen molar-refractivity contribution in [1.82, 2.24) is 9.79 Å². The Bertz CT molecular complexity index is 1010. The molecular formula is C19H19F3N2O4S. The number of fused-ring (bicyclic) bond motifs is 1. The lowest BCUT2D eigenvalue weighted by atomic mass is 9.96. The van der Waals surface area contributed by atoms with Gasteiger partial charge in [0.25, 0.3) is 5.91 Å². The lowest BCUT2D eigenvalue weighted by Gasteiger charge is -2.25. The van der Waals surface area contributed by atoms with E-state index in [0.717, 1.165) is 35.4 Å². The fourth-order valence-electron chi connectivity index (χ4n) is 3.32. The predicted octanol–water partition coefficient (Wildman–Crippen LogP) is 3.00. The summed E-state index contributed by atoms with van der Waals surface area (Å²) < 4.78 is 65.2. The molecule has 0 atom stereocenters. The molecule has 0 fully saturated rings. The second kappa shape index (κ2) is 8.13. The van der Waals surface area contributed by atoms with Crippen LogP contribution < -0.4 is 5.48 Å². The third kappa shape index (κ3) is 4.60. The molecular weight excluding hydrogens is 409 g/mol. The Kier molecular flexibility index (Phi) is 5.97. The number of rotatable bonds is 3. The first-order valence-electron chi connectivity index (χ1n) is 8.86. The number of amides is 1. The monoisotopic (exact) mass is 428 g/mol. The second-order valence-electron chi connectivity index (χ2n) is 6.70. The third-order valence-electron chi connectivity index (χ3n) is 4.87. The number of aryl methyl sites for hydroxylation is 1. The topological polar surface area (TPSA) is 86.7 Å². The Balaban J connectivity index is 1.83. The zero-order chi connectivity index (χ0) is 21.2. The van der Waals surface area contributed by atoms with Crippen LogP contribution in [0.25, 0.3) is 0 Å². The van der Waals surface area contributed by atoms with Gasteiger partial charge in [-0.05, 0) is 66.8 Å². The van der Waals surface area contributed by atoms with Gasteiger partial charge >= 0.3 is 6.18 Å². The van der Waals surface area contributed by atoms with E-state index < -0.39 is 27.7 Å². The van der Waals surface area contributed by atoms with Gasteiger partial charge in [-0.3, -0.25) is 10.0 Å². The number of sulfonamides is 1. The van der Waals surface area contributed by atoms with Gasteiger partial charge in [0, 0.05) is 18.7 Å². The minimum Gasteiger partial charge on any atom is -0.288 e. The molecule has 2 N–H and O–H groups in total. The first kappa shape index (κ1) is 21.3. The number of benzene rings is 2. The summed E-state index contributed by atoms with van der Waals surface area (Å²) in [6.45, 7) is 0.363. The van der Waals surface area contributed by atoms with Crippen molar-refractivity contribution >= 4 is 15.9 Å². The number of hydrogen-bond donors (Lipinski definition) is 2. The number of hydrogen-bond acceptors (Lipinski definition) is 4. The quantitative estimate of drug-likeness (QED) is 0.581. The Labute approximate surface area is 166 Å². The zero-order valence-corrected chi connectivity index (χ0v) is 16.1. The van der Waals surface area contributed by atoms with Gasteiger partial charge in [-0.1, -0.05) is 6.07 Å². The van der Waals surface area contributed by atoms with E-state index in [1.165, 1.54) is 4.31 Å². The average Bonchev–Trinajstić information content (AvgIpc) is 2.67. The van der Waals surface area contributed by atoms with Gasteiger partial charge in [0.1, 0.15) is 0 Å². The molecule has 1 aliphatic heterocycles. The minimum absolute atomic E-state index is 0.126. The van der Waals surface area contributed by atoms with Crippen LogP contribution >= 0.6 is 0 Å². The number of alkyl halides is 3. The molecule has 0 bridgehead atoms. The molecule has 29 heavy (non-hydrogen) atoms. The normalized spacial score (nSPS) is 15.9. The molecule has 1 amide bonds. The molecule has 10 heteroatoms. The summed E-state index contributed by atoms with van der Waals surface area (Å²) in [6.07, 6.45) is -3.08. The fraction of sp³-hybridized carbons (Fsp3) is 0.316. The van der Waals surface area contributed by atoms with Gasteiger partial charge in [-0.25, -0.2) is 13.9 Å². The maximum atomic E-state index is 12.9. The van der Waals surface area contributed by atoms with Crippen LogP contribution in [-0.2, 0) is 29.0 Å². The average molecular weight is 428 g/mol. The lowest BCUT2D eigenvalue weighted by Crippen LogP contribution is -2.35. The summed E-state index contributed by atoms with van der Waals surface area (Å²) in [6, 6.07) is 8.42. The van der Waals surface area contributed by atoms with Gasteiger partial charge < -0.3 is 0 Å². The summed E-state index contributed by atoms with van der Waals surface area (Å²) in [5.41, 5.74) is 2.69. The number of halogens is 3. The molecule has 0 aromatic heterocycles. The Morgan fingerprint density at radius 1 is 1.00 bits per heavy atom. The Morgan fingerprint density at radius 3 is 2.31 bits per heavy atom. The van der Waals surface area contributed by atoms with E-state index >= 15 is 0 Å². The van der Waals surface area contributed by atoms with Gasteiger partial charge in [-0.2, -0.15) is 17.5 Å². The molecule has 156 valence electrons. The minimum atomic E-state index is -4.54. The maximum absolute atomic E-state index is 12.9. The molecule has 2 aromatic rings. The summed E-state index contributed by atoms with van der Waals surface area (Å²) in [4.78, 5) is 11.4. The van der Waals surface area contributed by atoms with E-state index in [9.17, 15) is 26.4 Å². The number of carbonyl (C=O) groups is 1. The molecule has 3 rings (SSSR count). The number of carbonyl (C=O) groups excluding carboxylic acids is 1. The summed E-state index contributed by atoms with van der Waals surface area (Å²) in [5.74, 6) is -0.663. The number of nitrogens with zero attached hydrogens (tertiary/aromatic N) is 1. The van der Waals surface area contributed by atoms with E-state index in [4.69, 9.17) is 5.21 Å². The lowest BCUT2D eigenvalue weighted by molar-refractivity contribution is -0.137. The molecule has 0 saturated heterocycles.